The number of carbonyl (C=O) groups is 1. The van der Waals surface area contributed by atoms with Gasteiger partial charge in [-0.15, -0.1) is 0 Å². The molecule has 3 aromatic carbocycles. The predicted octanol–water partition coefficient (Wildman–Crippen LogP) is 3.96. The van der Waals surface area contributed by atoms with Gasteiger partial charge in [0.15, 0.2) is 11.6 Å². The third kappa shape index (κ3) is 4.48. The van der Waals surface area contributed by atoms with E-state index in [1.54, 1.807) is 18.2 Å². The first-order valence-corrected chi connectivity index (χ1v) is 10.4. The molecule has 0 aliphatic rings. The first-order valence-electron chi connectivity index (χ1n) is 8.93. The fraction of sp³-hybridized carbons (Fsp3) is 0. The van der Waals surface area contributed by atoms with Crippen LogP contribution in [0, 0.1) is 11.6 Å². The molecule has 0 bridgehead atoms. The summed E-state index contributed by atoms with van der Waals surface area (Å²) in [6.45, 7) is 0. The van der Waals surface area contributed by atoms with Crippen molar-refractivity contribution in [1.82, 2.24) is 9.97 Å². The Bertz CT molecular complexity index is 1390. The van der Waals surface area contributed by atoms with Crippen molar-refractivity contribution in [2.75, 3.05) is 10.0 Å². The van der Waals surface area contributed by atoms with Crippen LogP contribution in [0.5, 0.6) is 0 Å². The Labute approximate surface area is 175 Å². The molecule has 156 valence electrons. The summed E-state index contributed by atoms with van der Waals surface area (Å²) in [5, 5.41) is 2.65. The van der Waals surface area contributed by atoms with E-state index in [-0.39, 0.29) is 11.4 Å². The van der Waals surface area contributed by atoms with Crippen molar-refractivity contribution in [3.8, 4) is 0 Å². The number of hydrogen-bond donors (Lipinski definition) is 2. The van der Waals surface area contributed by atoms with E-state index in [0.717, 1.165) is 12.1 Å². The molecule has 1 heterocycles. The van der Waals surface area contributed by atoms with Crippen LogP contribution in [0.2, 0.25) is 0 Å². The normalized spacial score (nSPS) is 11.3. The van der Waals surface area contributed by atoms with E-state index in [4.69, 9.17) is 0 Å². The first-order chi connectivity index (χ1) is 14.8. The third-order valence-electron chi connectivity index (χ3n) is 4.28. The number of sulfonamides is 1. The molecule has 0 saturated heterocycles. The van der Waals surface area contributed by atoms with Crippen LogP contribution in [0.3, 0.4) is 0 Å². The molecule has 0 spiro atoms. The van der Waals surface area contributed by atoms with Gasteiger partial charge in [0.1, 0.15) is 5.69 Å². The van der Waals surface area contributed by atoms with Gasteiger partial charge >= 0.3 is 0 Å². The Morgan fingerprint density at radius 3 is 2.23 bits per heavy atom. The molecular weight excluding hydrogens is 426 g/mol. The van der Waals surface area contributed by atoms with Crippen LogP contribution in [0.15, 0.2) is 77.8 Å². The zero-order chi connectivity index (χ0) is 22.0. The Balaban J connectivity index is 1.47. The van der Waals surface area contributed by atoms with E-state index in [0.29, 0.717) is 22.8 Å². The SMILES string of the molecule is O=C(Nc1ccc(NS(=O)(=O)c2ccc(F)c(F)c2)cc1)c1cnc2ccccc2n1. The lowest BCUT2D eigenvalue weighted by atomic mass is 10.2. The number of nitrogens with one attached hydrogen (secondary N) is 2. The van der Waals surface area contributed by atoms with Crippen LogP contribution >= 0.6 is 0 Å². The van der Waals surface area contributed by atoms with E-state index in [1.165, 1.54) is 30.5 Å². The molecule has 0 aliphatic carbocycles. The standard InChI is InChI=1S/C21H14F2N4O3S/c22-16-10-9-15(11-17(16)23)31(29,30)27-14-7-5-13(6-8-14)25-21(28)20-12-24-18-3-1-2-4-19(18)26-20/h1-12,27H,(H,25,28). The molecule has 0 unspecified atom stereocenters. The Morgan fingerprint density at radius 1 is 0.839 bits per heavy atom. The van der Waals surface area contributed by atoms with Crippen LogP contribution in [0.1, 0.15) is 10.5 Å². The number of benzene rings is 3. The van der Waals surface area contributed by atoms with Crippen LogP contribution in [0.4, 0.5) is 20.2 Å². The molecule has 2 N–H and O–H groups in total. The molecule has 0 saturated carbocycles. The lowest BCUT2D eigenvalue weighted by molar-refractivity contribution is 0.102. The van der Waals surface area contributed by atoms with Gasteiger partial charge in [-0.1, -0.05) is 12.1 Å². The van der Waals surface area contributed by atoms with Crippen molar-refractivity contribution in [2.24, 2.45) is 0 Å². The fourth-order valence-electron chi connectivity index (χ4n) is 2.74. The summed E-state index contributed by atoms with van der Waals surface area (Å²) in [6, 6.07) is 15.2. The maximum Gasteiger partial charge on any atom is 0.275 e. The van der Waals surface area contributed by atoms with Gasteiger partial charge in [0.2, 0.25) is 0 Å². The zero-order valence-corrected chi connectivity index (χ0v) is 16.5. The monoisotopic (exact) mass is 440 g/mol. The van der Waals surface area contributed by atoms with Gasteiger partial charge in [-0.05, 0) is 54.6 Å². The van der Waals surface area contributed by atoms with Crippen molar-refractivity contribution in [2.45, 2.75) is 4.90 Å². The molecule has 0 atom stereocenters. The number of halogens is 2. The fourth-order valence-corrected chi connectivity index (χ4v) is 3.81. The van der Waals surface area contributed by atoms with Gasteiger partial charge in [-0.25, -0.2) is 22.2 Å². The van der Waals surface area contributed by atoms with Crippen molar-refractivity contribution in [3.05, 3.63) is 90.3 Å². The minimum atomic E-state index is -4.11. The van der Waals surface area contributed by atoms with Gasteiger partial charge in [-0.3, -0.25) is 14.5 Å². The molecule has 1 aromatic heterocycles. The topological polar surface area (TPSA) is 101 Å². The quantitative estimate of drug-likeness (QED) is 0.489. The molecule has 0 fully saturated rings. The zero-order valence-electron chi connectivity index (χ0n) is 15.7. The van der Waals surface area contributed by atoms with Gasteiger partial charge in [0, 0.05) is 11.4 Å². The highest BCUT2D eigenvalue weighted by atomic mass is 32.2. The number of para-hydroxylation sites is 2. The number of aromatic nitrogens is 2. The maximum absolute atomic E-state index is 13.3. The van der Waals surface area contributed by atoms with E-state index < -0.39 is 32.5 Å². The van der Waals surface area contributed by atoms with Crippen LogP contribution in [-0.2, 0) is 10.0 Å². The van der Waals surface area contributed by atoms with Crippen molar-refractivity contribution in [1.29, 1.82) is 0 Å². The maximum atomic E-state index is 13.3. The number of carbonyl (C=O) groups excluding carboxylic acids is 1. The molecule has 7 nitrogen and oxygen atoms in total. The Kier molecular flexibility index (Phi) is 5.30. The van der Waals surface area contributed by atoms with Crippen LogP contribution in [0.25, 0.3) is 11.0 Å². The molecule has 0 radical (unpaired) electrons. The highest BCUT2D eigenvalue weighted by Gasteiger charge is 2.17. The summed E-state index contributed by atoms with van der Waals surface area (Å²) >= 11 is 0. The predicted molar refractivity (Wildman–Crippen MR) is 111 cm³/mol. The van der Waals surface area contributed by atoms with Gasteiger partial charge in [0.25, 0.3) is 15.9 Å². The second-order valence-electron chi connectivity index (χ2n) is 6.46. The lowest BCUT2D eigenvalue weighted by Gasteiger charge is -2.10. The van der Waals surface area contributed by atoms with E-state index in [1.807, 2.05) is 6.07 Å². The van der Waals surface area contributed by atoms with Gasteiger partial charge < -0.3 is 5.32 Å². The highest BCUT2D eigenvalue weighted by Crippen LogP contribution is 2.20. The van der Waals surface area contributed by atoms with Crippen LogP contribution in [-0.4, -0.2) is 24.3 Å². The summed E-state index contributed by atoms with van der Waals surface area (Å²) in [7, 11) is -4.11. The summed E-state index contributed by atoms with van der Waals surface area (Å²) in [6.07, 6.45) is 1.36. The molecule has 1 amide bonds. The molecule has 4 rings (SSSR count). The second-order valence-corrected chi connectivity index (χ2v) is 8.14. The molecule has 10 heteroatoms. The average Bonchev–Trinajstić information content (AvgIpc) is 2.76. The third-order valence-corrected chi connectivity index (χ3v) is 5.66. The minimum absolute atomic E-state index is 0.127. The molecule has 31 heavy (non-hydrogen) atoms. The number of fused-ring (bicyclic) bond motifs is 1. The van der Waals surface area contributed by atoms with Crippen LogP contribution < -0.4 is 10.0 Å². The number of hydrogen-bond acceptors (Lipinski definition) is 5. The van der Waals surface area contributed by atoms with Gasteiger partial charge in [-0.2, -0.15) is 0 Å². The molecular formula is C21H14F2N4O3S. The largest absolute Gasteiger partial charge is 0.321 e. The lowest BCUT2D eigenvalue weighted by Crippen LogP contribution is -2.15. The van der Waals surface area contributed by atoms with Crippen molar-refractivity contribution in [3.63, 3.8) is 0 Å². The smallest absolute Gasteiger partial charge is 0.275 e. The Hall–Kier alpha value is -3.92. The average molecular weight is 440 g/mol. The first kappa shape index (κ1) is 20.4. The number of amides is 1. The number of rotatable bonds is 5. The summed E-state index contributed by atoms with van der Waals surface area (Å²) in [5.74, 6) is -2.89. The van der Waals surface area contributed by atoms with E-state index in [9.17, 15) is 22.0 Å². The summed E-state index contributed by atoms with van der Waals surface area (Å²) in [4.78, 5) is 20.5. The van der Waals surface area contributed by atoms with Gasteiger partial charge in [0.05, 0.1) is 22.1 Å². The minimum Gasteiger partial charge on any atom is -0.321 e. The van der Waals surface area contributed by atoms with E-state index >= 15 is 0 Å². The summed E-state index contributed by atoms with van der Waals surface area (Å²) in [5.41, 5.74) is 1.94. The molecule has 4 aromatic rings. The van der Waals surface area contributed by atoms with Crippen molar-refractivity contribution < 1.29 is 22.0 Å². The molecule has 0 aliphatic heterocycles. The highest BCUT2D eigenvalue weighted by molar-refractivity contribution is 7.92. The van der Waals surface area contributed by atoms with Crippen molar-refractivity contribution >= 4 is 38.3 Å². The number of nitrogens with zero attached hydrogens (tertiary/aromatic N) is 2. The summed E-state index contributed by atoms with van der Waals surface area (Å²) < 4.78 is 53.3. The van der Waals surface area contributed by atoms with E-state index in [2.05, 4.69) is 20.0 Å². The number of anilines is 2. The Morgan fingerprint density at radius 2 is 1.52 bits per heavy atom. The second kappa shape index (κ2) is 8.07.